The lowest BCUT2D eigenvalue weighted by Gasteiger charge is -2.13. The van der Waals surface area contributed by atoms with E-state index in [1.807, 2.05) is 16.8 Å². The van der Waals surface area contributed by atoms with E-state index >= 15 is 0 Å². The van der Waals surface area contributed by atoms with Gasteiger partial charge in [0, 0.05) is 11.4 Å². The van der Waals surface area contributed by atoms with Gasteiger partial charge in [-0.1, -0.05) is 0 Å². The Kier molecular flexibility index (Phi) is 4.53. The molecule has 2 aromatic rings. The van der Waals surface area contributed by atoms with E-state index in [9.17, 15) is 13.2 Å². The summed E-state index contributed by atoms with van der Waals surface area (Å²) in [5, 5.41) is 14.0. The lowest BCUT2D eigenvalue weighted by atomic mass is 10.1. The standard InChI is InChI=1S/C11H12N2O4S3/c1-7(4-8-2-3-18-5-8)13-20(16,17)9-6-19-12-10(9)11(14)15/h2-3,5-7,13H,4H2,1H3,(H,14,15). The quantitative estimate of drug-likeness (QED) is 0.841. The molecule has 1 atom stereocenters. The molecule has 0 amide bonds. The van der Waals surface area contributed by atoms with Crippen LogP contribution in [0.25, 0.3) is 0 Å². The van der Waals surface area contributed by atoms with E-state index in [4.69, 9.17) is 5.11 Å². The average Bonchev–Trinajstić information content (AvgIpc) is 2.97. The average molecular weight is 332 g/mol. The molecule has 9 heteroatoms. The van der Waals surface area contributed by atoms with Gasteiger partial charge in [-0.15, -0.1) is 0 Å². The van der Waals surface area contributed by atoms with E-state index in [0.29, 0.717) is 6.42 Å². The van der Waals surface area contributed by atoms with E-state index in [0.717, 1.165) is 17.1 Å². The number of hydrogen-bond acceptors (Lipinski definition) is 6. The number of carboxylic acids is 1. The molecule has 2 N–H and O–H groups in total. The van der Waals surface area contributed by atoms with Crippen LogP contribution in [-0.2, 0) is 16.4 Å². The molecule has 2 rings (SSSR count). The van der Waals surface area contributed by atoms with Crippen molar-refractivity contribution in [1.29, 1.82) is 0 Å². The molecule has 0 spiro atoms. The van der Waals surface area contributed by atoms with Crippen LogP contribution in [0.3, 0.4) is 0 Å². The zero-order valence-electron chi connectivity index (χ0n) is 10.4. The molecular formula is C11H12N2O4S3. The summed E-state index contributed by atoms with van der Waals surface area (Å²) in [6.07, 6.45) is 0.544. The Hall–Kier alpha value is -1.29. The minimum Gasteiger partial charge on any atom is -0.476 e. The first-order valence-corrected chi connectivity index (χ1v) is 8.87. The van der Waals surface area contributed by atoms with E-state index in [2.05, 4.69) is 9.10 Å². The summed E-state index contributed by atoms with van der Waals surface area (Å²) in [6.45, 7) is 1.73. The van der Waals surface area contributed by atoms with Crippen molar-refractivity contribution >= 4 is 38.9 Å². The molecule has 0 aliphatic heterocycles. The molecule has 6 nitrogen and oxygen atoms in total. The van der Waals surface area contributed by atoms with Crippen molar-refractivity contribution in [2.24, 2.45) is 0 Å². The van der Waals surface area contributed by atoms with Crippen LogP contribution in [0.15, 0.2) is 27.1 Å². The molecule has 20 heavy (non-hydrogen) atoms. The maximum atomic E-state index is 12.2. The number of thiophene rings is 1. The maximum Gasteiger partial charge on any atom is 0.357 e. The number of hydrogen-bond donors (Lipinski definition) is 2. The number of rotatable bonds is 6. The summed E-state index contributed by atoms with van der Waals surface area (Å²) in [6, 6.07) is 1.58. The van der Waals surface area contributed by atoms with Crippen LogP contribution >= 0.6 is 22.9 Å². The topological polar surface area (TPSA) is 96.4 Å². The van der Waals surface area contributed by atoms with Crippen molar-refractivity contribution in [3.63, 3.8) is 0 Å². The maximum absolute atomic E-state index is 12.2. The SMILES string of the molecule is CC(Cc1ccsc1)NS(=O)(=O)c1csnc1C(=O)O. The third kappa shape index (κ3) is 3.42. The molecule has 0 bridgehead atoms. The highest BCUT2D eigenvalue weighted by atomic mass is 32.2. The second-order valence-corrected chi connectivity index (χ2v) is 7.28. The minimum absolute atomic E-state index is 0.285. The third-order valence-electron chi connectivity index (χ3n) is 2.51. The highest BCUT2D eigenvalue weighted by Gasteiger charge is 2.26. The summed E-state index contributed by atoms with van der Waals surface area (Å²) >= 11 is 2.35. The fraction of sp³-hybridized carbons (Fsp3) is 0.273. The Bertz CT molecular complexity index is 691. The Morgan fingerprint density at radius 1 is 1.50 bits per heavy atom. The number of nitrogens with one attached hydrogen (secondary N) is 1. The van der Waals surface area contributed by atoms with E-state index in [1.54, 1.807) is 18.3 Å². The van der Waals surface area contributed by atoms with Gasteiger partial charge in [-0.2, -0.15) is 15.7 Å². The Morgan fingerprint density at radius 3 is 2.85 bits per heavy atom. The van der Waals surface area contributed by atoms with Gasteiger partial charge in [0.05, 0.1) is 0 Å². The summed E-state index contributed by atoms with van der Waals surface area (Å²) in [5.41, 5.74) is 0.595. The lowest BCUT2D eigenvalue weighted by Crippen LogP contribution is -2.34. The van der Waals surface area contributed by atoms with Gasteiger partial charge in [-0.25, -0.2) is 17.9 Å². The van der Waals surface area contributed by atoms with Crippen molar-refractivity contribution in [2.45, 2.75) is 24.3 Å². The van der Waals surface area contributed by atoms with Gasteiger partial charge in [-0.3, -0.25) is 0 Å². The fourth-order valence-corrected chi connectivity index (χ4v) is 4.74. The molecule has 0 saturated heterocycles. The predicted octanol–water partition coefficient (Wildman–Crippen LogP) is 1.81. The van der Waals surface area contributed by atoms with E-state index in [1.165, 1.54) is 5.38 Å². The van der Waals surface area contributed by atoms with Crippen molar-refractivity contribution in [2.75, 3.05) is 0 Å². The zero-order valence-corrected chi connectivity index (χ0v) is 12.9. The highest BCUT2D eigenvalue weighted by molar-refractivity contribution is 7.89. The molecule has 1 unspecified atom stereocenters. The van der Waals surface area contributed by atoms with Gasteiger partial charge in [-0.05, 0) is 47.3 Å². The summed E-state index contributed by atoms with van der Waals surface area (Å²) in [5.74, 6) is -1.35. The van der Waals surface area contributed by atoms with Crippen LogP contribution in [-0.4, -0.2) is 29.9 Å². The second-order valence-electron chi connectivity index (χ2n) is 4.19. The number of carboxylic acid groups (broad SMARTS) is 1. The van der Waals surface area contributed by atoms with E-state index < -0.39 is 21.7 Å². The Labute approximate surface area is 124 Å². The summed E-state index contributed by atoms with van der Waals surface area (Å²) in [7, 11) is -3.87. The molecule has 0 aliphatic rings. The van der Waals surface area contributed by atoms with Crippen LogP contribution in [0, 0.1) is 0 Å². The first-order chi connectivity index (χ1) is 9.40. The van der Waals surface area contributed by atoms with Gasteiger partial charge >= 0.3 is 5.97 Å². The summed E-state index contributed by atoms with van der Waals surface area (Å²) < 4.78 is 30.4. The van der Waals surface area contributed by atoms with Crippen molar-refractivity contribution < 1.29 is 18.3 Å². The van der Waals surface area contributed by atoms with Crippen LogP contribution in [0.5, 0.6) is 0 Å². The van der Waals surface area contributed by atoms with Gasteiger partial charge in [0.2, 0.25) is 10.0 Å². The van der Waals surface area contributed by atoms with Crippen molar-refractivity contribution in [3.05, 3.63) is 33.5 Å². The fourth-order valence-electron chi connectivity index (χ4n) is 1.70. The van der Waals surface area contributed by atoms with E-state index in [-0.39, 0.29) is 10.9 Å². The van der Waals surface area contributed by atoms with Gasteiger partial charge in [0.15, 0.2) is 5.69 Å². The zero-order chi connectivity index (χ0) is 14.8. The number of carbonyl (C=O) groups is 1. The van der Waals surface area contributed by atoms with Gasteiger partial charge < -0.3 is 5.11 Å². The molecular weight excluding hydrogens is 320 g/mol. The normalized spacial score (nSPS) is 13.2. The first-order valence-electron chi connectivity index (χ1n) is 5.61. The summed E-state index contributed by atoms with van der Waals surface area (Å²) in [4.78, 5) is 10.6. The van der Waals surface area contributed by atoms with Crippen LogP contribution < -0.4 is 4.72 Å². The van der Waals surface area contributed by atoms with Gasteiger partial charge in [0.25, 0.3) is 0 Å². The van der Waals surface area contributed by atoms with Crippen molar-refractivity contribution in [3.8, 4) is 0 Å². The first kappa shape index (κ1) is 15.1. The predicted molar refractivity (Wildman–Crippen MR) is 76.9 cm³/mol. The smallest absolute Gasteiger partial charge is 0.357 e. The molecule has 0 aromatic carbocycles. The molecule has 0 aliphatic carbocycles. The number of aromatic nitrogens is 1. The molecule has 0 saturated carbocycles. The third-order valence-corrected chi connectivity index (χ3v) is 5.62. The monoisotopic (exact) mass is 332 g/mol. The van der Waals surface area contributed by atoms with Crippen LogP contribution in [0.2, 0.25) is 0 Å². The van der Waals surface area contributed by atoms with Crippen molar-refractivity contribution in [1.82, 2.24) is 9.10 Å². The molecule has 2 heterocycles. The lowest BCUT2D eigenvalue weighted by molar-refractivity contribution is 0.0687. The molecule has 0 radical (unpaired) electrons. The second kappa shape index (κ2) is 6.00. The number of sulfonamides is 1. The van der Waals surface area contributed by atoms with Crippen LogP contribution in [0.1, 0.15) is 23.0 Å². The highest BCUT2D eigenvalue weighted by Crippen LogP contribution is 2.18. The minimum atomic E-state index is -3.87. The number of nitrogens with zero attached hydrogens (tertiary/aromatic N) is 1. The molecule has 0 fully saturated rings. The number of aromatic carboxylic acids is 1. The molecule has 108 valence electrons. The Balaban J connectivity index is 2.14. The van der Waals surface area contributed by atoms with Gasteiger partial charge in [0.1, 0.15) is 4.90 Å². The largest absolute Gasteiger partial charge is 0.476 e. The van der Waals surface area contributed by atoms with Crippen LogP contribution in [0.4, 0.5) is 0 Å². The Morgan fingerprint density at radius 2 is 2.25 bits per heavy atom. The molecule has 2 aromatic heterocycles.